The van der Waals surface area contributed by atoms with Crippen molar-refractivity contribution in [1.82, 2.24) is 19.3 Å². The van der Waals surface area contributed by atoms with Gasteiger partial charge < -0.3 is 4.74 Å². The van der Waals surface area contributed by atoms with Gasteiger partial charge in [-0.05, 0) is 83.6 Å². The first-order chi connectivity index (χ1) is 18.8. The summed E-state index contributed by atoms with van der Waals surface area (Å²) >= 11 is 1.86. The van der Waals surface area contributed by atoms with E-state index in [-0.39, 0.29) is 18.3 Å². The van der Waals surface area contributed by atoms with E-state index in [0.29, 0.717) is 5.92 Å². The summed E-state index contributed by atoms with van der Waals surface area (Å²) in [7, 11) is 3.33. The number of rotatable bonds is 12. The maximum absolute atomic E-state index is 12.5. The Morgan fingerprint density at radius 3 is 2.56 bits per heavy atom. The summed E-state index contributed by atoms with van der Waals surface area (Å²) in [4.78, 5) is 13.8. The SMILES string of the molecule is CCCN(Cc1cc(C(CC(=O)OC)c2ccc3c(c2)nnn3C)ccc1C)Sc1ccccc1C(C)CC. The zero-order valence-electron chi connectivity index (χ0n) is 24.0. The van der Waals surface area contributed by atoms with Crippen LogP contribution in [0, 0.1) is 6.92 Å². The summed E-state index contributed by atoms with van der Waals surface area (Å²) < 4.78 is 9.32. The van der Waals surface area contributed by atoms with Crippen LogP contribution in [0.4, 0.5) is 0 Å². The Labute approximate surface area is 236 Å². The molecule has 0 amide bonds. The molecule has 0 aliphatic carbocycles. The van der Waals surface area contributed by atoms with Crippen molar-refractivity contribution < 1.29 is 9.53 Å². The van der Waals surface area contributed by atoms with E-state index in [1.165, 1.54) is 28.7 Å². The van der Waals surface area contributed by atoms with Gasteiger partial charge in [-0.3, -0.25) is 4.79 Å². The molecule has 1 aromatic heterocycles. The largest absolute Gasteiger partial charge is 0.469 e. The van der Waals surface area contributed by atoms with Gasteiger partial charge in [0.25, 0.3) is 0 Å². The third-order valence-corrected chi connectivity index (χ3v) is 8.66. The zero-order chi connectivity index (χ0) is 27.9. The number of aryl methyl sites for hydroxylation is 2. The van der Waals surface area contributed by atoms with Gasteiger partial charge in [-0.2, -0.15) is 0 Å². The highest BCUT2D eigenvalue weighted by atomic mass is 32.2. The Kier molecular flexibility index (Phi) is 9.81. The van der Waals surface area contributed by atoms with E-state index in [1.54, 1.807) is 4.68 Å². The summed E-state index contributed by atoms with van der Waals surface area (Å²) in [5.74, 6) is 0.153. The fraction of sp³-hybridized carbons (Fsp3) is 0.406. The van der Waals surface area contributed by atoms with Crippen molar-refractivity contribution in [2.45, 2.75) is 70.2 Å². The second kappa shape index (κ2) is 13.3. The normalized spacial score (nSPS) is 13.1. The number of benzene rings is 3. The van der Waals surface area contributed by atoms with Crippen LogP contribution in [0.25, 0.3) is 11.0 Å². The van der Waals surface area contributed by atoms with Crippen LogP contribution >= 0.6 is 11.9 Å². The lowest BCUT2D eigenvalue weighted by atomic mass is 9.86. The third kappa shape index (κ3) is 6.89. The summed E-state index contributed by atoms with van der Waals surface area (Å²) in [5, 5.41) is 8.44. The quantitative estimate of drug-likeness (QED) is 0.137. The maximum Gasteiger partial charge on any atom is 0.306 e. The first-order valence-electron chi connectivity index (χ1n) is 13.8. The van der Waals surface area contributed by atoms with Gasteiger partial charge in [0.2, 0.25) is 0 Å². The topological polar surface area (TPSA) is 60.3 Å². The molecule has 4 rings (SSSR count). The van der Waals surface area contributed by atoms with Crippen LogP contribution in [-0.4, -0.2) is 38.9 Å². The van der Waals surface area contributed by atoms with Crippen molar-refractivity contribution in [2.24, 2.45) is 7.05 Å². The number of ether oxygens (including phenoxy) is 1. The molecular weight excluding hydrogens is 504 g/mol. The van der Waals surface area contributed by atoms with Crippen molar-refractivity contribution in [1.29, 1.82) is 0 Å². The van der Waals surface area contributed by atoms with E-state index in [9.17, 15) is 4.79 Å². The Hall–Kier alpha value is -3.16. The van der Waals surface area contributed by atoms with E-state index in [2.05, 4.69) is 90.8 Å². The monoisotopic (exact) mass is 544 g/mol. The molecule has 3 aromatic carbocycles. The van der Waals surface area contributed by atoms with Crippen molar-refractivity contribution in [3.05, 3.63) is 88.5 Å². The highest BCUT2D eigenvalue weighted by molar-refractivity contribution is 7.97. The third-order valence-electron chi connectivity index (χ3n) is 7.52. The number of carbonyl (C=O) groups is 1. The molecule has 0 radical (unpaired) electrons. The van der Waals surface area contributed by atoms with Crippen LogP contribution in [0.5, 0.6) is 0 Å². The fourth-order valence-electron chi connectivity index (χ4n) is 4.96. The molecule has 0 fully saturated rings. The first kappa shape index (κ1) is 28.8. The lowest BCUT2D eigenvalue weighted by Gasteiger charge is -2.25. The van der Waals surface area contributed by atoms with Gasteiger partial charge in [-0.15, -0.1) is 5.10 Å². The van der Waals surface area contributed by atoms with Crippen molar-refractivity contribution in [3.8, 4) is 0 Å². The molecule has 0 saturated carbocycles. The Balaban J connectivity index is 1.66. The van der Waals surface area contributed by atoms with Crippen LogP contribution in [0.2, 0.25) is 0 Å². The van der Waals surface area contributed by atoms with Gasteiger partial charge in [-0.25, -0.2) is 8.99 Å². The number of nitrogens with zero attached hydrogens (tertiary/aromatic N) is 4. The van der Waals surface area contributed by atoms with E-state index in [0.717, 1.165) is 48.1 Å². The molecule has 7 heteroatoms. The molecular formula is C32H40N4O2S. The van der Waals surface area contributed by atoms with Gasteiger partial charge in [0.1, 0.15) is 5.52 Å². The van der Waals surface area contributed by atoms with Crippen molar-refractivity contribution in [2.75, 3.05) is 13.7 Å². The molecule has 39 heavy (non-hydrogen) atoms. The van der Waals surface area contributed by atoms with Crippen LogP contribution < -0.4 is 0 Å². The highest BCUT2D eigenvalue weighted by Crippen LogP contribution is 2.35. The van der Waals surface area contributed by atoms with Crippen molar-refractivity contribution >= 4 is 29.0 Å². The van der Waals surface area contributed by atoms with Crippen LogP contribution in [0.15, 0.2) is 65.6 Å². The molecule has 1 heterocycles. The molecule has 0 aliphatic heterocycles. The maximum atomic E-state index is 12.5. The number of hydrogen-bond acceptors (Lipinski definition) is 6. The number of fused-ring (bicyclic) bond motifs is 1. The van der Waals surface area contributed by atoms with Crippen molar-refractivity contribution in [3.63, 3.8) is 0 Å². The Morgan fingerprint density at radius 1 is 1.08 bits per heavy atom. The minimum Gasteiger partial charge on any atom is -0.469 e. The van der Waals surface area contributed by atoms with E-state index >= 15 is 0 Å². The lowest BCUT2D eigenvalue weighted by Crippen LogP contribution is -2.18. The predicted molar refractivity (Wildman–Crippen MR) is 160 cm³/mol. The predicted octanol–water partition coefficient (Wildman–Crippen LogP) is 7.40. The molecule has 206 valence electrons. The zero-order valence-corrected chi connectivity index (χ0v) is 24.8. The molecule has 0 aliphatic rings. The van der Waals surface area contributed by atoms with E-state index in [4.69, 9.17) is 4.74 Å². The minimum atomic E-state index is -0.230. The van der Waals surface area contributed by atoms with E-state index < -0.39 is 0 Å². The van der Waals surface area contributed by atoms with Gasteiger partial charge in [0.05, 0.1) is 19.0 Å². The molecule has 6 nitrogen and oxygen atoms in total. The fourth-order valence-corrected chi connectivity index (χ4v) is 6.23. The molecule has 0 saturated heterocycles. The first-order valence-corrected chi connectivity index (χ1v) is 14.6. The molecule has 4 aromatic rings. The summed E-state index contributed by atoms with van der Waals surface area (Å²) in [6.45, 7) is 10.8. The average molecular weight is 545 g/mol. The van der Waals surface area contributed by atoms with Crippen LogP contribution in [0.1, 0.15) is 79.7 Å². The Bertz CT molecular complexity index is 1420. The summed E-state index contributed by atoms with van der Waals surface area (Å²) in [5.41, 5.74) is 7.85. The van der Waals surface area contributed by atoms with Crippen LogP contribution in [-0.2, 0) is 23.1 Å². The second-order valence-electron chi connectivity index (χ2n) is 10.3. The van der Waals surface area contributed by atoms with Gasteiger partial charge in [0.15, 0.2) is 0 Å². The average Bonchev–Trinajstić information content (AvgIpc) is 3.32. The number of methoxy groups -OCH3 is 1. The smallest absolute Gasteiger partial charge is 0.306 e. The standard InChI is InChI=1S/C32H40N4O2S/c1-7-17-36(39-31-12-10-9-11-27(31)22(3)8-2)21-26-18-24(14-13-23(26)4)28(20-32(37)38-6)25-15-16-30-29(19-25)33-34-35(30)5/h9-16,18-19,22,28H,7-8,17,20-21H2,1-6H3. The summed E-state index contributed by atoms with van der Waals surface area (Å²) in [6, 6.07) is 21.5. The molecule has 0 N–H and O–H groups in total. The second-order valence-corrected chi connectivity index (χ2v) is 11.4. The molecule has 0 spiro atoms. The van der Waals surface area contributed by atoms with Crippen LogP contribution in [0.3, 0.4) is 0 Å². The molecule has 2 atom stereocenters. The minimum absolute atomic E-state index is 0.137. The van der Waals surface area contributed by atoms with Gasteiger partial charge >= 0.3 is 5.97 Å². The number of aromatic nitrogens is 3. The summed E-state index contributed by atoms with van der Waals surface area (Å²) in [6.07, 6.45) is 2.45. The Morgan fingerprint density at radius 2 is 1.82 bits per heavy atom. The lowest BCUT2D eigenvalue weighted by molar-refractivity contribution is -0.140. The number of carbonyl (C=O) groups excluding carboxylic acids is 1. The molecule has 0 bridgehead atoms. The van der Waals surface area contributed by atoms with Gasteiger partial charge in [-0.1, -0.05) is 68.4 Å². The number of hydrogen-bond donors (Lipinski definition) is 0. The van der Waals surface area contributed by atoms with Gasteiger partial charge in [0, 0.05) is 31.0 Å². The van der Waals surface area contributed by atoms with E-state index in [1.807, 2.05) is 31.1 Å². The molecule has 2 unspecified atom stereocenters. The highest BCUT2D eigenvalue weighted by Gasteiger charge is 2.22. The number of esters is 1.